The van der Waals surface area contributed by atoms with Gasteiger partial charge in [-0.2, -0.15) is 0 Å². The van der Waals surface area contributed by atoms with E-state index in [0.29, 0.717) is 6.04 Å². The van der Waals surface area contributed by atoms with E-state index in [-0.39, 0.29) is 0 Å². The fraction of sp³-hybridized carbons (Fsp3) is 0.538. The molecule has 0 saturated heterocycles. The molecule has 2 aromatic rings. The van der Waals surface area contributed by atoms with Crippen molar-refractivity contribution in [3.63, 3.8) is 0 Å². The average molecular weight is 316 g/mol. The number of rotatable bonds is 6. The summed E-state index contributed by atoms with van der Waals surface area (Å²) in [5.41, 5.74) is 1.11. The number of hydrogen-bond donors (Lipinski definition) is 1. The quantitative estimate of drug-likeness (QED) is 0.813. The van der Waals surface area contributed by atoms with Crippen LogP contribution in [0.3, 0.4) is 0 Å². The molecule has 19 heavy (non-hydrogen) atoms. The molecule has 1 N–H and O–H groups in total. The molecule has 0 aromatic carbocycles. The summed E-state index contributed by atoms with van der Waals surface area (Å²) in [5.74, 6) is 0. The molecule has 104 valence electrons. The molecule has 0 bridgehead atoms. The Balaban J connectivity index is 1.94. The zero-order chi connectivity index (χ0) is 13.8. The largest absolute Gasteiger partial charge is 0.315 e. The Morgan fingerprint density at radius 3 is 2.79 bits per heavy atom. The normalized spacial score (nSPS) is 11.4. The van der Waals surface area contributed by atoms with Gasteiger partial charge < -0.3 is 5.32 Å². The van der Waals surface area contributed by atoms with Crippen LogP contribution in [0.15, 0.2) is 5.38 Å². The van der Waals surface area contributed by atoms with Gasteiger partial charge in [-0.1, -0.05) is 36.8 Å². The summed E-state index contributed by atoms with van der Waals surface area (Å²) in [7, 11) is 0. The third kappa shape index (κ3) is 3.99. The highest BCUT2D eigenvalue weighted by atomic mass is 35.5. The molecule has 0 saturated carbocycles. The van der Waals surface area contributed by atoms with Gasteiger partial charge in [-0.05, 0) is 30.8 Å². The Bertz CT molecular complexity index is 534. The highest BCUT2D eigenvalue weighted by Gasteiger charge is 2.13. The van der Waals surface area contributed by atoms with Crippen LogP contribution in [-0.2, 0) is 6.42 Å². The molecule has 2 aromatic heterocycles. The second-order valence-corrected chi connectivity index (χ2v) is 7.09. The number of nitrogens with zero attached hydrogens (tertiary/aromatic N) is 2. The van der Waals surface area contributed by atoms with Crippen molar-refractivity contribution >= 4 is 34.3 Å². The van der Waals surface area contributed by atoms with Crippen LogP contribution < -0.4 is 5.32 Å². The number of aryl methyl sites for hydroxylation is 2. The van der Waals surface area contributed by atoms with Gasteiger partial charge >= 0.3 is 0 Å². The van der Waals surface area contributed by atoms with Gasteiger partial charge in [0.2, 0.25) is 0 Å². The smallest absolute Gasteiger partial charge is 0.159 e. The highest BCUT2D eigenvalue weighted by molar-refractivity contribution is 7.21. The summed E-state index contributed by atoms with van der Waals surface area (Å²) in [4.78, 5) is 1.04. The summed E-state index contributed by atoms with van der Waals surface area (Å²) in [6.07, 6.45) is 2.06. The van der Waals surface area contributed by atoms with Crippen molar-refractivity contribution < 1.29 is 0 Å². The second kappa shape index (κ2) is 6.79. The third-order valence-electron chi connectivity index (χ3n) is 2.68. The monoisotopic (exact) mass is 315 g/mol. The van der Waals surface area contributed by atoms with Crippen LogP contribution in [0.4, 0.5) is 0 Å². The van der Waals surface area contributed by atoms with Gasteiger partial charge in [0, 0.05) is 12.5 Å². The molecular formula is C13H18ClN3S2. The third-order valence-corrected chi connectivity index (χ3v) is 5.51. The van der Waals surface area contributed by atoms with Gasteiger partial charge in [-0.25, -0.2) is 0 Å². The summed E-state index contributed by atoms with van der Waals surface area (Å²) >= 11 is 9.54. The maximum absolute atomic E-state index is 6.25. The van der Waals surface area contributed by atoms with E-state index >= 15 is 0 Å². The Kier molecular flexibility index (Phi) is 5.33. The first-order chi connectivity index (χ1) is 9.08. The summed E-state index contributed by atoms with van der Waals surface area (Å²) < 4.78 is 0. The first-order valence-electron chi connectivity index (χ1n) is 6.37. The van der Waals surface area contributed by atoms with Gasteiger partial charge in [-0.15, -0.1) is 21.5 Å². The molecule has 0 spiro atoms. The topological polar surface area (TPSA) is 37.8 Å². The van der Waals surface area contributed by atoms with Crippen LogP contribution in [0, 0.1) is 6.92 Å². The van der Waals surface area contributed by atoms with Crippen molar-refractivity contribution in [3.05, 3.63) is 21.0 Å². The maximum atomic E-state index is 6.25. The van der Waals surface area contributed by atoms with Crippen LogP contribution in [-0.4, -0.2) is 22.8 Å². The van der Waals surface area contributed by atoms with Gasteiger partial charge in [0.25, 0.3) is 0 Å². The number of hydrogen-bond acceptors (Lipinski definition) is 5. The second-order valence-electron chi connectivity index (χ2n) is 4.78. The van der Waals surface area contributed by atoms with E-state index in [9.17, 15) is 0 Å². The van der Waals surface area contributed by atoms with E-state index < -0.39 is 0 Å². The standard InChI is InChI=1S/C13H18ClN3S2/c1-8(2)15-6-4-5-10-16-17-13(19-10)12-11(14)9(3)7-18-12/h7-8,15H,4-6H2,1-3H3. The zero-order valence-corrected chi connectivity index (χ0v) is 13.8. The molecule has 0 amide bonds. The van der Waals surface area contributed by atoms with Crippen molar-refractivity contribution in [2.75, 3.05) is 6.54 Å². The lowest BCUT2D eigenvalue weighted by atomic mass is 10.3. The Labute approximate surface area is 127 Å². The van der Waals surface area contributed by atoms with E-state index in [4.69, 9.17) is 11.6 Å². The summed E-state index contributed by atoms with van der Waals surface area (Å²) in [6, 6.07) is 0.540. The Hall–Kier alpha value is -0.490. The van der Waals surface area contributed by atoms with E-state index in [1.807, 2.05) is 6.92 Å². The molecule has 0 aliphatic carbocycles. The molecule has 0 aliphatic rings. The molecule has 6 heteroatoms. The van der Waals surface area contributed by atoms with Gasteiger partial charge in [0.15, 0.2) is 5.01 Å². The van der Waals surface area contributed by atoms with Crippen molar-refractivity contribution in [2.45, 2.75) is 39.7 Å². The van der Waals surface area contributed by atoms with Crippen molar-refractivity contribution in [2.24, 2.45) is 0 Å². The van der Waals surface area contributed by atoms with E-state index in [0.717, 1.165) is 44.9 Å². The molecule has 0 atom stereocenters. The van der Waals surface area contributed by atoms with Gasteiger partial charge in [0.05, 0.1) is 9.90 Å². The predicted molar refractivity (Wildman–Crippen MR) is 84.4 cm³/mol. The number of halogens is 1. The van der Waals surface area contributed by atoms with E-state index in [1.165, 1.54) is 0 Å². The highest BCUT2D eigenvalue weighted by Crippen LogP contribution is 2.37. The summed E-state index contributed by atoms with van der Waals surface area (Å²) in [5, 5.41) is 16.8. The molecule has 2 heterocycles. The SMILES string of the molecule is Cc1csc(-c2nnc(CCCNC(C)C)s2)c1Cl. The maximum Gasteiger partial charge on any atom is 0.159 e. The van der Waals surface area contributed by atoms with Crippen LogP contribution in [0.5, 0.6) is 0 Å². The number of aromatic nitrogens is 2. The molecule has 0 fully saturated rings. The minimum absolute atomic E-state index is 0.540. The van der Waals surface area contributed by atoms with Crippen molar-refractivity contribution in [1.29, 1.82) is 0 Å². The summed E-state index contributed by atoms with van der Waals surface area (Å²) in [6.45, 7) is 7.35. The molecule has 0 unspecified atom stereocenters. The number of thiophene rings is 1. The molecule has 3 nitrogen and oxygen atoms in total. The van der Waals surface area contributed by atoms with E-state index in [1.54, 1.807) is 22.7 Å². The fourth-order valence-electron chi connectivity index (χ4n) is 1.65. The first-order valence-corrected chi connectivity index (χ1v) is 8.45. The minimum Gasteiger partial charge on any atom is -0.315 e. The Morgan fingerprint density at radius 2 is 2.16 bits per heavy atom. The van der Waals surface area contributed by atoms with Crippen LogP contribution in [0.25, 0.3) is 9.88 Å². The van der Waals surface area contributed by atoms with Crippen LogP contribution in [0.2, 0.25) is 5.02 Å². The Morgan fingerprint density at radius 1 is 1.37 bits per heavy atom. The number of nitrogens with one attached hydrogen (secondary N) is 1. The fourth-order valence-corrected chi connectivity index (χ4v) is 3.96. The molecule has 0 aliphatic heterocycles. The van der Waals surface area contributed by atoms with Crippen molar-refractivity contribution in [1.82, 2.24) is 15.5 Å². The minimum atomic E-state index is 0.540. The molecule has 0 radical (unpaired) electrons. The molecular weight excluding hydrogens is 298 g/mol. The van der Waals surface area contributed by atoms with Gasteiger partial charge in [0.1, 0.15) is 5.01 Å². The lowest BCUT2D eigenvalue weighted by molar-refractivity contribution is 0.569. The molecule has 2 rings (SSSR count). The zero-order valence-electron chi connectivity index (χ0n) is 11.4. The predicted octanol–water partition coefficient (Wildman–Crippen LogP) is 4.16. The lowest BCUT2D eigenvalue weighted by Gasteiger charge is -2.05. The van der Waals surface area contributed by atoms with Crippen molar-refractivity contribution in [3.8, 4) is 9.88 Å². The van der Waals surface area contributed by atoms with Crippen LogP contribution in [0.1, 0.15) is 30.8 Å². The average Bonchev–Trinajstić information content (AvgIpc) is 2.94. The first kappa shape index (κ1) is 14.9. The lowest BCUT2D eigenvalue weighted by Crippen LogP contribution is -2.23. The van der Waals surface area contributed by atoms with E-state index in [2.05, 4.69) is 34.7 Å². The van der Waals surface area contributed by atoms with Crippen LogP contribution >= 0.6 is 34.3 Å². The van der Waals surface area contributed by atoms with Gasteiger partial charge in [-0.3, -0.25) is 0 Å².